The predicted octanol–water partition coefficient (Wildman–Crippen LogP) is 0.862. The van der Waals surface area contributed by atoms with Crippen LogP contribution in [0.5, 0.6) is 0 Å². The number of benzene rings is 1. The molecule has 0 unspecified atom stereocenters. The lowest BCUT2D eigenvalue weighted by Crippen LogP contribution is -2.38. The largest absolute Gasteiger partial charge is 0.478 e. The van der Waals surface area contributed by atoms with E-state index in [2.05, 4.69) is 0 Å². The van der Waals surface area contributed by atoms with Crippen molar-refractivity contribution < 1.29 is 19.0 Å². The quantitative estimate of drug-likeness (QED) is 0.652. The molecule has 0 aromatic heterocycles. The van der Waals surface area contributed by atoms with Crippen molar-refractivity contribution in [1.82, 2.24) is 0 Å². The number of hydrogen-bond acceptors (Lipinski definition) is 5. The number of nitro benzene ring substituents is 1. The van der Waals surface area contributed by atoms with Crippen molar-refractivity contribution in [2.24, 2.45) is 0 Å². The molecule has 0 aliphatic carbocycles. The monoisotopic (exact) mass is 284 g/mol. The van der Waals surface area contributed by atoms with Gasteiger partial charge in [-0.1, -0.05) is 6.07 Å². The topological polar surface area (TPSA) is 101 Å². The lowest BCUT2D eigenvalue weighted by Gasteiger charge is -2.28. The van der Waals surface area contributed by atoms with E-state index in [1.54, 1.807) is 4.90 Å². The average Bonchev–Trinajstić information content (AvgIpc) is 2.38. The summed E-state index contributed by atoms with van der Waals surface area (Å²) in [5.41, 5.74) is -0.217. The number of aromatic carboxylic acids is 1. The van der Waals surface area contributed by atoms with Crippen molar-refractivity contribution in [3.63, 3.8) is 0 Å². The van der Waals surface area contributed by atoms with E-state index in [0.717, 1.165) is 0 Å². The molecule has 0 radical (unpaired) electrons. The van der Waals surface area contributed by atoms with E-state index in [1.807, 2.05) is 0 Å². The van der Waals surface area contributed by atoms with Gasteiger partial charge in [0.05, 0.1) is 10.5 Å². The fourth-order valence-electron chi connectivity index (χ4n) is 2.05. The molecule has 2 rings (SSSR count). The lowest BCUT2D eigenvalue weighted by molar-refractivity contribution is -0.384. The van der Waals surface area contributed by atoms with Gasteiger partial charge < -0.3 is 10.0 Å². The molecule has 1 aliphatic heterocycles. The van der Waals surface area contributed by atoms with Crippen molar-refractivity contribution in [1.29, 1.82) is 0 Å². The van der Waals surface area contributed by atoms with E-state index in [-0.39, 0.29) is 16.9 Å². The number of nitrogens with zero attached hydrogens (tertiary/aromatic N) is 2. The van der Waals surface area contributed by atoms with Crippen LogP contribution in [0.4, 0.5) is 11.4 Å². The van der Waals surface area contributed by atoms with Gasteiger partial charge in [0, 0.05) is 41.5 Å². The fraction of sp³-hybridized carbons (Fsp3) is 0.364. The van der Waals surface area contributed by atoms with Crippen LogP contribution in [0.2, 0.25) is 0 Å². The number of hydrogen-bond donors (Lipinski definition) is 1. The predicted molar refractivity (Wildman–Crippen MR) is 70.1 cm³/mol. The minimum atomic E-state index is -1.20. The molecule has 7 nitrogen and oxygen atoms in total. The summed E-state index contributed by atoms with van der Waals surface area (Å²) in [6.07, 6.45) is 0. The zero-order valence-electron chi connectivity index (χ0n) is 9.94. The smallest absolute Gasteiger partial charge is 0.338 e. The van der Waals surface area contributed by atoms with Gasteiger partial charge in [0.25, 0.3) is 5.69 Å². The Morgan fingerprint density at radius 1 is 1.37 bits per heavy atom. The van der Waals surface area contributed by atoms with Crippen LogP contribution >= 0.6 is 0 Å². The Kier molecular flexibility index (Phi) is 3.79. The number of carbonyl (C=O) groups is 1. The number of nitro groups is 1. The van der Waals surface area contributed by atoms with Crippen molar-refractivity contribution in [3.8, 4) is 0 Å². The Hall–Kier alpha value is -1.96. The second-order valence-corrected chi connectivity index (χ2v) is 5.77. The van der Waals surface area contributed by atoms with Crippen LogP contribution in [0.25, 0.3) is 0 Å². The van der Waals surface area contributed by atoms with Crippen molar-refractivity contribution in [2.45, 2.75) is 0 Å². The molecule has 0 bridgehead atoms. The third-order valence-corrected chi connectivity index (χ3v) is 4.21. The highest BCUT2D eigenvalue weighted by Gasteiger charge is 2.28. The van der Waals surface area contributed by atoms with Gasteiger partial charge in [0.1, 0.15) is 5.69 Å². The summed E-state index contributed by atoms with van der Waals surface area (Å²) in [6.45, 7) is 0.718. The number of para-hydroxylation sites is 1. The number of anilines is 1. The van der Waals surface area contributed by atoms with E-state index in [1.165, 1.54) is 18.2 Å². The molecule has 1 N–H and O–H groups in total. The molecular formula is C11H12N2O5S. The van der Waals surface area contributed by atoms with E-state index >= 15 is 0 Å². The second-order valence-electron chi connectivity index (χ2n) is 4.07. The molecule has 102 valence electrons. The summed E-state index contributed by atoms with van der Waals surface area (Å²) >= 11 is 0. The summed E-state index contributed by atoms with van der Waals surface area (Å²) in [5.74, 6) is -0.415. The zero-order valence-corrected chi connectivity index (χ0v) is 10.8. The summed E-state index contributed by atoms with van der Waals surface area (Å²) in [6, 6.07) is 3.98. The van der Waals surface area contributed by atoms with Crippen LogP contribution in [-0.2, 0) is 10.8 Å². The molecular weight excluding hydrogens is 272 g/mol. The first-order valence-corrected chi connectivity index (χ1v) is 7.10. The highest BCUT2D eigenvalue weighted by atomic mass is 32.2. The Morgan fingerprint density at radius 3 is 2.53 bits per heavy atom. The van der Waals surface area contributed by atoms with Gasteiger partial charge in [-0.2, -0.15) is 0 Å². The first-order chi connectivity index (χ1) is 9.00. The van der Waals surface area contributed by atoms with Crippen LogP contribution in [0.3, 0.4) is 0 Å². The molecule has 0 saturated carbocycles. The van der Waals surface area contributed by atoms with E-state index in [9.17, 15) is 19.1 Å². The zero-order chi connectivity index (χ0) is 14.0. The SMILES string of the molecule is O=C(O)c1cccc([N+](=O)[O-])c1N1CCS(=O)CC1. The van der Waals surface area contributed by atoms with Gasteiger partial charge >= 0.3 is 5.97 Å². The summed E-state index contributed by atoms with van der Waals surface area (Å²) in [4.78, 5) is 23.3. The molecule has 0 amide bonds. The Morgan fingerprint density at radius 2 is 2.00 bits per heavy atom. The first-order valence-electron chi connectivity index (χ1n) is 5.61. The third kappa shape index (κ3) is 2.73. The maximum atomic E-state index is 11.3. The van der Waals surface area contributed by atoms with Crippen LogP contribution in [-0.4, -0.2) is 44.8 Å². The Bertz CT molecular complexity index is 518. The fourth-order valence-corrected chi connectivity index (χ4v) is 3.10. The highest BCUT2D eigenvalue weighted by molar-refractivity contribution is 7.85. The molecule has 1 aliphatic rings. The maximum absolute atomic E-state index is 11.3. The lowest BCUT2D eigenvalue weighted by atomic mass is 10.1. The van der Waals surface area contributed by atoms with E-state index in [4.69, 9.17) is 5.11 Å². The first kappa shape index (κ1) is 13.5. The van der Waals surface area contributed by atoms with Gasteiger partial charge in [-0.3, -0.25) is 14.3 Å². The summed E-state index contributed by atoms with van der Waals surface area (Å²) in [7, 11) is -0.928. The van der Waals surface area contributed by atoms with Gasteiger partial charge in [-0.15, -0.1) is 0 Å². The van der Waals surface area contributed by atoms with Crippen LogP contribution < -0.4 is 4.90 Å². The molecule has 1 aromatic rings. The van der Waals surface area contributed by atoms with Gasteiger partial charge in [0.2, 0.25) is 0 Å². The van der Waals surface area contributed by atoms with Gasteiger partial charge in [-0.05, 0) is 6.07 Å². The van der Waals surface area contributed by atoms with Crippen LogP contribution in [0, 0.1) is 10.1 Å². The van der Waals surface area contributed by atoms with Crippen LogP contribution in [0.1, 0.15) is 10.4 Å². The molecule has 0 spiro atoms. The second kappa shape index (κ2) is 5.35. The maximum Gasteiger partial charge on any atom is 0.338 e. The Balaban J connectivity index is 2.49. The molecule has 1 aromatic carbocycles. The van der Waals surface area contributed by atoms with Crippen molar-refractivity contribution >= 4 is 28.1 Å². The van der Waals surface area contributed by atoms with Crippen LogP contribution in [0.15, 0.2) is 18.2 Å². The third-order valence-electron chi connectivity index (χ3n) is 2.94. The summed E-state index contributed by atoms with van der Waals surface area (Å²) < 4.78 is 11.3. The van der Waals surface area contributed by atoms with E-state index in [0.29, 0.717) is 24.6 Å². The minimum Gasteiger partial charge on any atom is -0.478 e. The van der Waals surface area contributed by atoms with Gasteiger partial charge in [0.15, 0.2) is 0 Å². The molecule has 8 heteroatoms. The normalized spacial score (nSPS) is 16.3. The number of carboxylic acid groups (broad SMARTS) is 1. The van der Waals surface area contributed by atoms with Crippen molar-refractivity contribution in [2.75, 3.05) is 29.5 Å². The number of rotatable bonds is 3. The standard InChI is InChI=1S/C11H12N2O5S/c14-11(15)8-2-1-3-9(13(16)17)10(8)12-4-6-19(18)7-5-12/h1-3H,4-7H2,(H,14,15). The van der Waals surface area contributed by atoms with E-state index < -0.39 is 21.7 Å². The minimum absolute atomic E-state index is 0.0955. The molecule has 19 heavy (non-hydrogen) atoms. The molecule has 1 heterocycles. The van der Waals surface area contributed by atoms with Crippen molar-refractivity contribution in [3.05, 3.63) is 33.9 Å². The molecule has 1 saturated heterocycles. The molecule has 1 fully saturated rings. The highest BCUT2D eigenvalue weighted by Crippen LogP contribution is 2.32. The molecule has 0 atom stereocenters. The Labute approximate surface area is 111 Å². The number of carboxylic acids is 1. The summed E-state index contributed by atoms with van der Waals surface area (Å²) in [5, 5.41) is 20.2. The average molecular weight is 284 g/mol. The van der Waals surface area contributed by atoms with Gasteiger partial charge in [-0.25, -0.2) is 4.79 Å².